The van der Waals surface area contributed by atoms with Crippen LogP contribution in [0.4, 0.5) is 0 Å². The Bertz CT molecular complexity index is 570. The number of methoxy groups -OCH3 is 1. The molecule has 108 valence electrons. The maximum absolute atomic E-state index is 11.7. The molecule has 0 aliphatic rings. The Morgan fingerprint density at radius 2 is 2.15 bits per heavy atom. The van der Waals surface area contributed by atoms with Gasteiger partial charge >= 0.3 is 5.97 Å². The zero-order valence-electron chi connectivity index (χ0n) is 11.6. The van der Waals surface area contributed by atoms with Gasteiger partial charge in [-0.25, -0.2) is 4.79 Å². The highest BCUT2D eigenvalue weighted by atomic mass is 35.5. The highest BCUT2D eigenvalue weighted by molar-refractivity contribution is 7.80. The summed E-state index contributed by atoms with van der Waals surface area (Å²) in [5.74, 6) is -0.848. The second kappa shape index (κ2) is 6.72. The molecule has 1 aromatic rings. The number of aromatic hydroxyl groups is 1. The Balaban J connectivity index is 3.60. The number of thiocarbonyl (C=S) groups is 1. The number of carbonyl (C=O) groups is 1. The number of ether oxygens (including phenoxy) is 1. The summed E-state index contributed by atoms with van der Waals surface area (Å²) in [6.45, 7) is 3.61. The topological polar surface area (TPSA) is 49.8 Å². The van der Waals surface area contributed by atoms with Crippen LogP contribution in [0.15, 0.2) is 18.7 Å². The molecule has 0 aromatic heterocycles. The minimum absolute atomic E-state index is 0.0351. The number of phenolic OH excluding ortho intramolecular Hbond substituents is 1. The summed E-state index contributed by atoms with van der Waals surface area (Å²) in [6.07, 6.45) is 1.91. The lowest BCUT2D eigenvalue weighted by Gasteiger charge is -2.19. The van der Waals surface area contributed by atoms with Gasteiger partial charge in [0, 0.05) is 25.2 Å². The van der Waals surface area contributed by atoms with Crippen molar-refractivity contribution in [3.63, 3.8) is 0 Å². The van der Waals surface area contributed by atoms with E-state index in [9.17, 15) is 9.90 Å². The molecule has 0 spiro atoms. The number of nitrogens with zero attached hydrogens (tertiary/aromatic N) is 1. The summed E-state index contributed by atoms with van der Waals surface area (Å²) in [5, 5.41) is 10.5. The van der Waals surface area contributed by atoms with Crippen LogP contribution in [-0.2, 0) is 11.2 Å². The van der Waals surface area contributed by atoms with Gasteiger partial charge in [-0.3, -0.25) is 0 Å². The summed E-state index contributed by atoms with van der Waals surface area (Å²) in [4.78, 5) is 13.9. The van der Waals surface area contributed by atoms with Crippen LogP contribution in [-0.4, -0.2) is 42.2 Å². The molecule has 6 heteroatoms. The van der Waals surface area contributed by atoms with E-state index in [1.165, 1.54) is 13.2 Å². The summed E-state index contributed by atoms with van der Waals surface area (Å²) < 4.78 is 4.66. The first-order valence-corrected chi connectivity index (χ1v) is 6.58. The van der Waals surface area contributed by atoms with Crippen molar-refractivity contribution in [2.75, 3.05) is 21.2 Å². The van der Waals surface area contributed by atoms with Crippen molar-refractivity contribution in [1.82, 2.24) is 4.90 Å². The molecular formula is C14H16ClNO3S. The van der Waals surface area contributed by atoms with E-state index in [1.54, 1.807) is 25.1 Å². The van der Waals surface area contributed by atoms with E-state index in [1.807, 2.05) is 0 Å². The molecular weight excluding hydrogens is 298 g/mol. The highest BCUT2D eigenvalue weighted by Crippen LogP contribution is 2.34. The number of esters is 1. The normalized spacial score (nSPS) is 10.0. The molecule has 0 saturated carbocycles. The second-order valence-electron chi connectivity index (χ2n) is 4.30. The third kappa shape index (κ3) is 3.11. The molecule has 0 aliphatic heterocycles. The number of rotatable bonds is 4. The van der Waals surface area contributed by atoms with Crippen LogP contribution >= 0.6 is 23.8 Å². The number of benzene rings is 1. The van der Waals surface area contributed by atoms with Gasteiger partial charge in [-0.1, -0.05) is 29.9 Å². The van der Waals surface area contributed by atoms with Gasteiger partial charge in [0.05, 0.1) is 12.1 Å². The standard InChI is InChI=1S/C14H16ClNO3S/c1-5-6-8-11(15)9(13(20)16(2)3)7-10(12(8)17)14(18)19-4/h5,7,17H,1,6H2,2-4H3. The third-order valence-corrected chi connectivity index (χ3v) is 3.74. The Labute approximate surface area is 128 Å². The summed E-state index contributed by atoms with van der Waals surface area (Å²) in [7, 11) is 4.79. The molecule has 20 heavy (non-hydrogen) atoms. The van der Waals surface area contributed by atoms with Crippen LogP contribution < -0.4 is 0 Å². The van der Waals surface area contributed by atoms with Gasteiger partial charge in [0.2, 0.25) is 0 Å². The van der Waals surface area contributed by atoms with Gasteiger partial charge in [0.1, 0.15) is 16.3 Å². The van der Waals surface area contributed by atoms with Gasteiger partial charge in [-0.05, 0) is 12.5 Å². The maximum Gasteiger partial charge on any atom is 0.341 e. The lowest BCUT2D eigenvalue weighted by atomic mass is 10.0. The summed E-state index contributed by atoms with van der Waals surface area (Å²) >= 11 is 11.6. The van der Waals surface area contributed by atoms with E-state index >= 15 is 0 Å². The zero-order chi connectivity index (χ0) is 15.4. The smallest absolute Gasteiger partial charge is 0.341 e. The van der Waals surface area contributed by atoms with Gasteiger partial charge in [-0.15, -0.1) is 6.58 Å². The SMILES string of the molecule is C=CCc1c(O)c(C(=O)OC)cc(C(=S)N(C)C)c1Cl. The summed E-state index contributed by atoms with van der Waals surface area (Å²) in [6, 6.07) is 1.44. The number of allylic oxidation sites excluding steroid dienone is 1. The molecule has 4 nitrogen and oxygen atoms in total. The minimum atomic E-state index is -0.646. The number of hydrogen-bond acceptors (Lipinski definition) is 4. The highest BCUT2D eigenvalue weighted by Gasteiger charge is 2.22. The van der Waals surface area contributed by atoms with Crippen molar-refractivity contribution in [3.05, 3.63) is 40.4 Å². The molecule has 0 heterocycles. The van der Waals surface area contributed by atoms with E-state index in [0.717, 1.165) is 0 Å². The largest absolute Gasteiger partial charge is 0.507 e. The zero-order valence-corrected chi connectivity index (χ0v) is 13.1. The van der Waals surface area contributed by atoms with E-state index < -0.39 is 5.97 Å². The van der Waals surface area contributed by atoms with Crippen LogP contribution in [0.2, 0.25) is 5.02 Å². The number of phenols is 1. The molecule has 0 saturated heterocycles. The van der Waals surface area contributed by atoms with Gasteiger partial charge < -0.3 is 14.7 Å². The average molecular weight is 314 g/mol. The molecule has 0 unspecified atom stereocenters. The van der Waals surface area contributed by atoms with Gasteiger partial charge in [-0.2, -0.15) is 0 Å². The Morgan fingerprint density at radius 3 is 2.60 bits per heavy atom. The van der Waals surface area contributed by atoms with E-state index in [4.69, 9.17) is 23.8 Å². The molecule has 0 atom stereocenters. The molecule has 0 bridgehead atoms. The van der Waals surface area contributed by atoms with Crippen LogP contribution in [0.25, 0.3) is 0 Å². The lowest BCUT2D eigenvalue weighted by Crippen LogP contribution is -2.22. The van der Waals surface area contributed by atoms with Crippen molar-refractivity contribution >= 4 is 34.8 Å². The Kier molecular flexibility index (Phi) is 5.53. The fraction of sp³-hybridized carbons (Fsp3) is 0.286. The second-order valence-corrected chi connectivity index (χ2v) is 5.06. The van der Waals surface area contributed by atoms with E-state index in [2.05, 4.69) is 11.3 Å². The quantitative estimate of drug-likeness (QED) is 0.526. The number of halogens is 1. The van der Waals surface area contributed by atoms with Crippen LogP contribution in [0.5, 0.6) is 5.75 Å². The Hall–Kier alpha value is -1.59. The number of carbonyl (C=O) groups excluding carboxylic acids is 1. The molecule has 1 N–H and O–H groups in total. The van der Waals surface area contributed by atoms with Crippen molar-refractivity contribution in [3.8, 4) is 5.75 Å². The predicted molar refractivity (Wildman–Crippen MR) is 83.7 cm³/mol. The van der Waals surface area contributed by atoms with Gasteiger partial charge in [0.15, 0.2) is 0 Å². The first-order valence-electron chi connectivity index (χ1n) is 5.80. The lowest BCUT2D eigenvalue weighted by molar-refractivity contribution is 0.0597. The fourth-order valence-electron chi connectivity index (χ4n) is 1.70. The molecule has 0 aliphatic carbocycles. The number of hydrogen-bond donors (Lipinski definition) is 1. The monoisotopic (exact) mass is 313 g/mol. The van der Waals surface area contributed by atoms with Crippen molar-refractivity contribution in [1.29, 1.82) is 0 Å². The average Bonchev–Trinajstić information content (AvgIpc) is 2.42. The molecule has 0 fully saturated rings. The van der Waals surface area contributed by atoms with Gasteiger partial charge in [0.25, 0.3) is 0 Å². The van der Waals surface area contributed by atoms with Crippen molar-refractivity contribution in [2.45, 2.75) is 6.42 Å². The van der Waals surface area contributed by atoms with Crippen LogP contribution in [0.1, 0.15) is 21.5 Å². The minimum Gasteiger partial charge on any atom is -0.507 e. The predicted octanol–water partition coefficient (Wildman–Crippen LogP) is 2.80. The third-order valence-electron chi connectivity index (χ3n) is 2.72. The molecule has 0 radical (unpaired) electrons. The van der Waals surface area contributed by atoms with Crippen molar-refractivity contribution < 1.29 is 14.6 Å². The Morgan fingerprint density at radius 1 is 1.55 bits per heavy atom. The van der Waals surface area contributed by atoms with Crippen molar-refractivity contribution in [2.24, 2.45) is 0 Å². The first-order chi connectivity index (χ1) is 9.34. The van der Waals surface area contributed by atoms with E-state index in [-0.39, 0.29) is 11.3 Å². The molecule has 1 rings (SSSR count). The summed E-state index contributed by atoms with van der Waals surface area (Å²) in [5.41, 5.74) is 0.943. The van der Waals surface area contributed by atoms with Crippen LogP contribution in [0.3, 0.4) is 0 Å². The first kappa shape index (κ1) is 16.5. The molecule has 1 aromatic carbocycles. The molecule has 0 amide bonds. The van der Waals surface area contributed by atoms with Crippen LogP contribution in [0, 0.1) is 0 Å². The fourth-order valence-corrected chi connectivity index (χ4v) is 2.23. The van der Waals surface area contributed by atoms with E-state index in [0.29, 0.717) is 27.6 Å². The maximum atomic E-state index is 11.7.